The molecule has 5 heteroatoms. The third-order valence-electron chi connectivity index (χ3n) is 4.89. The molecule has 1 atom stereocenters. The van der Waals surface area contributed by atoms with Gasteiger partial charge >= 0.3 is 0 Å². The molecule has 2 aromatic carbocycles. The molecule has 140 valence electrons. The Morgan fingerprint density at radius 2 is 1.85 bits per heavy atom. The number of guanidine groups is 1. The summed E-state index contributed by atoms with van der Waals surface area (Å²) in [6, 6.07) is 16.4. The van der Waals surface area contributed by atoms with Crippen molar-refractivity contribution in [3.8, 4) is 0 Å². The summed E-state index contributed by atoms with van der Waals surface area (Å²) in [6.07, 6.45) is 1.67. The fourth-order valence-electron chi connectivity index (χ4n) is 3.38. The Labute approximate surface area is 173 Å². The van der Waals surface area contributed by atoms with Gasteiger partial charge in [0.2, 0.25) is 0 Å². The van der Waals surface area contributed by atoms with Gasteiger partial charge in [-0.15, -0.1) is 24.0 Å². The minimum Gasteiger partial charge on any atom is -0.383 e. The zero-order valence-electron chi connectivity index (χ0n) is 15.5. The SMILES string of the molecule is CCNC(=NCc1ccccc1C)NCC1(O)CCc2ccccc21.I. The molecule has 3 rings (SSSR count). The maximum Gasteiger partial charge on any atom is 0.191 e. The second kappa shape index (κ2) is 9.37. The van der Waals surface area contributed by atoms with Crippen LogP contribution in [-0.4, -0.2) is 24.2 Å². The Hall–Kier alpha value is -1.60. The lowest BCUT2D eigenvalue weighted by atomic mass is 9.96. The van der Waals surface area contributed by atoms with Crippen LogP contribution in [0.5, 0.6) is 0 Å². The summed E-state index contributed by atoms with van der Waals surface area (Å²) in [5.41, 5.74) is 3.91. The van der Waals surface area contributed by atoms with E-state index in [2.05, 4.69) is 40.7 Å². The van der Waals surface area contributed by atoms with Gasteiger partial charge in [0.25, 0.3) is 0 Å². The van der Waals surface area contributed by atoms with Gasteiger partial charge in [-0.3, -0.25) is 0 Å². The number of aliphatic imine (C=N–C) groups is 1. The summed E-state index contributed by atoms with van der Waals surface area (Å²) in [7, 11) is 0. The Bertz CT molecular complexity index is 762. The van der Waals surface area contributed by atoms with E-state index in [9.17, 15) is 5.11 Å². The number of fused-ring (bicyclic) bond motifs is 1. The van der Waals surface area contributed by atoms with Crippen LogP contribution < -0.4 is 10.6 Å². The number of aryl methyl sites for hydroxylation is 2. The van der Waals surface area contributed by atoms with Crippen molar-refractivity contribution in [2.75, 3.05) is 13.1 Å². The molecule has 3 N–H and O–H groups in total. The summed E-state index contributed by atoms with van der Waals surface area (Å²) in [5, 5.41) is 17.6. The number of benzene rings is 2. The monoisotopic (exact) mass is 465 g/mol. The molecule has 0 amide bonds. The van der Waals surface area contributed by atoms with Crippen molar-refractivity contribution in [1.82, 2.24) is 10.6 Å². The van der Waals surface area contributed by atoms with E-state index in [1.165, 1.54) is 16.7 Å². The zero-order valence-corrected chi connectivity index (χ0v) is 17.8. The van der Waals surface area contributed by atoms with E-state index in [4.69, 9.17) is 0 Å². The number of halogens is 1. The molecule has 0 aromatic heterocycles. The van der Waals surface area contributed by atoms with Crippen LogP contribution in [0.2, 0.25) is 0 Å². The molecule has 0 spiro atoms. The van der Waals surface area contributed by atoms with Crippen LogP contribution in [0.4, 0.5) is 0 Å². The van der Waals surface area contributed by atoms with Crippen molar-refractivity contribution < 1.29 is 5.11 Å². The molecule has 0 fully saturated rings. The normalized spacial score (nSPS) is 18.8. The molecule has 0 saturated heterocycles. The number of hydrogen-bond donors (Lipinski definition) is 3. The Kier molecular flexibility index (Phi) is 7.46. The van der Waals surface area contributed by atoms with E-state index in [0.717, 1.165) is 30.9 Å². The predicted molar refractivity (Wildman–Crippen MR) is 118 cm³/mol. The third kappa shape index (κ3) is 4.76. The quantitative estimate of drug-likeness (QED) is 0.360. The van der Waals surface area contributed by atoms with Crippen LogP contribution >= 0.6 is 24.0 Å². The van der Waals surface area contributed by atoms with Crippen molar-refractivity contribution in [2.45, 2.75) is 38.8 Å². The fourth-order valence-corrected chi connectivity index (χ4v) is 3.38. The summed E-state index contributed by atoms with van der Waals surface area (Å²) in [5.74, 6) is 0.739. The molecule has 26 heavy (non-hydrogen) atoms. The van der Waals surface area contributed by atoms with E-state index in [1.54, 1.807) is 0 Å². The Morgan fingerprint density at radius 3 is 2.62 bits per heavy atom. The lowest BCUT2D eigenvalue weighted by Crippen LogP contribution is -2.45. The maximum atomic E-state index is 11.0. The summed E-state index contributed by atoms with van der Waals surface area (Å²) < 4.78 is 0. The van der Waals surface area contributed by atoms with Crippen LogP contribution in [0.3, 0.4) is 0 Å². The van der Waals surface area contributed by atoms with Gasteiger partial charge in [0, 0.05) is 6.54 Å². The van der Waals surface area contributed by atoms with Crippen molar-refractivity contribution in [3.63, 3.8) is 0 Å². The summed E-state index contributed by atoms with van der Waals surface area (Å²) >= 11 is 0. The molecule has 0 bridgehead atoms. The van der Waals surface area contributed by atoms with Gasteiger partial charge in [-0.2, -0.15) is 0 Å². The zero-order chi connectivity index (χ0) is 17.7. The van der Waals surface area contributed by atoms with Gasteiger partial charge < -0.3 is 15.7 Å². The van der Waals surface area contributed by atoms with E-state index < -0.39 is 5.60 Å². The topological polar surface area (TPSA) is 56.7 Å². The average molecular weight is 465 g/mol. The van der Waals surface area contributed by atoms with Gasteiger partial charge in [0.05, 0.1) is 13.1 Å². The van der Waals surface area contributed by atoms with Crippen molar-refractivity contribution in [1.29, 1.82) is 0 Å². The van der Waals surface area contributed by atoms with Gasteiger partial charge in [-0.05, 0) is 48.9 Å². The highest BCUT2D eigenvalue weighted by atomic mass is 127. The predicted octanol–water partition coefficient (Wildman–Crippen LogP) is 3.50. The van der Waals surface area contributed by atoms with E-state index in [1.807, 2.05) is 37.3 Å². The molecule has 0 radical (unpaired) electrons. The smallest absolute Gasteiger partial charge is 0.191 e. The summed E-state index contributed by atoms with van der Waals surface area (Å²) in [4.78, 5) is 4.68. The van der Waals surface area contributed by atoms with Gasteiger partial charge in [0.15, 0.2) is 5.96 Å². The number of aliphatic hydroxyl groups is 1. The van der Waals surface area contributed by atoms with Crippen LogP contribution in [0.1, 0.15) is 35.6 Å². The van der Waals surface area contributed by atoms with Crippen molar-refractivity contribution in [3.05, 3.63) is 70.8 Å². The van der Waals surface area contributed by atoms with Crippen LogP contribution in [-0.2, 0) is 18.6 Å². The molecule has 4 nitrogen and oxygen atoms in total. The first-order chi connectivity index (χ1) is 12.1. The number of nitrogens with one attached hydrogen (secondary N) is 2. The van der Waals surface area contributed by atoms with Crippen LogP contribution in [0.15, 0.2) is 53.5 Å². The molecule has 0 heterocycles. The maximum absolute atomic E-state index is 11.0. The van der Waals surface area contributed by atoms with Gasteiger partial charge in [-0.1, -0.05) is 48.5 Å². The lowest BCUT2D eigenvalue weighted by Gasteiger charge is -2.25. The summed E-state index contributed by atoms with van der Waals surface area (Å²) in [6.45, 7) is 6.02. The van der Waals surface area contributed by atoms with Crippen LogP contribution in [0.25, 0.3) is 0 Å². The Morgan fingerprint density at radius 1 is 1.12 bits per heavy atom. The average Bonchev–Trinajstić information content (AvgIpc) is 2.97. The third-order valence-corrected chi connectivity index (χ3v) is 4.89. The first-order valence-electron chi connectivity index (χ1n) is 9.00. The fraction of sp³-hybridized carbons (Fsp3) is 0.381. The van der Waals surface area contributed by atoms with E-state index >= 15 is 0 Å². The molecule has 1 aliphatic carbocycles. The second-order valence-electron chi connectivity index (χ2n) is 6.66. The van der Waals surface area contributed by atoms with Crippen molar-refractivity contribution in [2.24, 2.45) is 4.99 Å². The second-order valence-corrected chi connectivity index (χ2v) is 6.66. The molecule has 1 aliphatic rings. The number of nitrogens with zero attached hydrogens (tertiary/aromatic N) is 1. The highest BCUT2D eigenvalue weighted by Gasteiger charge is 2.36. The largest absolute Gasteiger partial charge is 0.383 e. The molecule has 2 aromatic rings. The highest BCUT2D eigenvalue weighted by Crippen LogP contribution is 2.36. The minimum absolute atomic E-state index is 0. The van der Waals surface area contributed by atoms with E-state index in [0.29, 0.717) is 13.1 Å². The first-order valence-corrected chi connectivity index (χ1v) is 9.00. The Balaban J connectivity index is 0.00000243. The standard InChI is InChI=1S/C21H27N3O.HI/c1-3-22-20(23-14-18-10-5-4-8-16(18)2)24-15-21(25)13-12-17-9-6-7-11-19(17)21;/h4-11,25H,3,12-15H2,1-2H3,(H2,22,23,24);1H. The van der Waals surface area contributed by atoms with Crippen molar-refractivity contribution >= 4 is 29.9 Å². The lowest BCUT2D eigenvalue weighted by molar-refractivity contribution is 0.0432. The van der Waals surface area contributed by atoms with E-state index in [-0.39, 0.29) is 24.0 Å². The molecular formula is C21H28IN3O. The number of rotatable bonds is 5. The molecule has 0 saturated carbocycles. The molecule has 1 unspecified atom stereocenters. The van der Waals surface area contributed by atoms with Crippen LogP contribution in [0, 0.1) is 6.92 Å². The molecular weight excluding hydrogens is 437 g/mol. The van der Waals surface area contributed by atoms with Gasteiger partial charge in [-0.25, -0.2) is 4.99 Å². The highest BCUT2D eigenvalue weighted by molar-refractivity contribution is 14.0. The first kappa shape index (κ1) is 20.7. The van der Waals surface area contributed by atoms with Gasteiger partial charge in [0.1, 0.15) is 5.60 Å². The number of hydrogen-bond acceptors (Lipinski definition) is 2. The molecule has 0 aliphatic heterocycles. The minimum atomic E-state index is -0.824.